The van der Waals surface area contributed by atoms with Gasteiger partial charge in [-0.3, -0.25) is 0 Å². The fraction of sp³-hybridized carbons (Fsp3) is 0. The second-order valence-corrected chi connectivity index (χ2v) is 1.49. The molecule has 1 aliphatic rings. The average molecular weight is 193 g/mol. The molecular weight excluding hydrogens is 189 g/mol. The molecule has 1 radical (unpaired) electrons. The summed E-state index contributed by atoms with van der Waals surface area (Å²) in [5.41, 5.74) is -0.153. The number of nitrogens with zero attached hydrogens (tertiary/aromatic N) is 2. The molecule has 0 saturated heterocycles. The average Bonchev–Trinajstić information content (AvgIpc) is 1.77. The van der Waals surface area contributed by atoms with Gasteiger partial charge in [-0.25, -0.2) is 0 Å². The third kappa shape index (κ3) is 2.33. The Hall–Kier alpha value is -0.0761. The first-order valence-corrected chi connectivity index (χ1v) is 2.27. The fourth-order valence-corrected chi connectivity index (χ4v) is 0.464. The molecule has 0 aromatic rings. The number of hydrogen-bond donors (Lipinski definition) is 0. The summed E-state index contributed by atoms with van der Waals surface area (Å²) >= 11 is 0. The number of rotatable bonds is 0. The Kier molecular flexibility index (Phi) is 3.82. The van der Waals surface area contributed by atoms with Gasteiger partial charge in [0.25, 0.3) is 0 Å². The van der Waals surface area contributed by atoms with E-state index in [-0.39, 0.29) is 44.1 Å². The molecule has 9 heavy (non-hydrogen) atoms. The smallest absolute Gasteiger partial charge is 0 e. The van der Waals surface area contributed by atoms with E-state index >= 15 is 0 Å². The largest absolute Gasteiger partial charge is 0.805 e. The molecule has 0 amide bonds. The molecule has 3 heteroatoms. The standard InChI is InChI=1S/C6H4N2.Y/c7-5-3-1-2-4-6(5)8;/h1-4H;/q-2;. The molecule has 1 aliphatic carbocycles. The Bertz CT molecular complexity index is 169. The van der Waals surface area contributed by atoms with Crippen LogP contribution in [-0.2, 0) is 32.7 Å². The maximum atomic E-state index is 8.67. The normalized spacial score (nSPS) is 15.6. The molecule has 0 aromatic heterocycles. The van der Waals surface area contributed by atoms with Crippen LogP contribution in [0.5, 0.6) is 0 Å². The zero-order valence-corrected chi connectivity index (χ0v) is 7.62. The summed E-state index contributed by atoms with van der Waals surface area (Å²) in [6.07, 6.45) is 6.15. The first-order chi connectivity index (χ1) is 3.80. The molecule has 0 fully saturated rings. The minimum absolute atomic E-state index is 0. The second kappa shape index (κ2) is 3.86. The van der Waals surface area contributed by atoms with Gasteiger partial charge >= 0.3 is 0 Å². The Morgan fingerprint density at radius 3 is 1.44 bits per heavy atom. The Labute approximate surface area is 78.9 Å². The van der Waals surface area contributed by atoms with Crippen molar-refractivity contribution in [3.63, 3.8) is 0 Å². The van der Waals surface area contributed by atoms with Crippen molar-refractivity contribution in [1.29, 1.82) is 0 Å². The van der Waals surface area contributed by atoms with E-state index in [1.54, 1.807) is 12.2 Å². The van der Waals surface area contributed by atoms with Crippen molar-refractivity contribution >= 4 is 11.4 Å². The van der Waals surface area contributed by atoms with Crippen LogP contribution >= 0.6 is 0 Å². The summed E-state index contributed by atoms with van der Waals surface area (Å²) in [7, 11) is 0. The van der Waals surface area contributed by atoms with Gasteiger partial charge in [-0.2, -0.15) is 11.4 Å². The molecule has 0 bridgehead atoms. The quantitative estimate of drug-likeness (QED) is 0.517. The van der Waals surface area contributed by atoms with Crippen molar-refractivity contribution in [3.05, 3.63) is 35.1 Å². The number of allylic oxidation sites excluding steroid dienone is 4. The van der Waals surface area contributed by atoms with Gasteiger partial charge in [0.05, 0.1) is 0 Å². The Balaban J connectivity index is 0.000000640. The van der Waals surface area contributed by atoms with Crippen LogP contribution in [0.4, 0.5) is 0 Å². The van der Waals surface area contributed by atoms with Gasteiger partial charge in [0, 0.05) is 32.7 Å². The van der Waals surface area contributed by atoms with Crippen molar-refractivity contribution in [2.24, 2.45) is 0 Å². The van der Waals surface area contributed by atoms with Crippen LogP contribution in [0.25, 0.3) is 10.8 Å². The SMILES string of the molecule is [N-]=C1C=CC=CC1=[N-].[Y]. The van der Waals surface area contributed by atoms with E-state index in [0.717, 1.165) is 0 Å². The van der Waals surface area contributed by atoms with E-state index < -0.39 is 0 Å². The molecule has 1 rings (SSSR count). The molecule has 0 atom stereocenters. The summed E-state index contributed by atoms with van der Waals surface area (Å²) in [4.78, 5) is 0. The molecular formula is C6H4N2Y-2. The van der Waals surface area contributed by atoms with Gasteiger partial charge in [0.15, 0.2) is 0 Å². The molecule has 0 aromatic carbocycles. The van der Waals surface area contributed by atoms with E-state index in [2.05, 4.69) is 0 Å². The predicted molar refractivity (Wildman–Crippen MR) is 35.0 cm³/mol. The van der Waals surface area contributed by atoms with E-state index in [1.165, 1.54) is 12.2 Å². The van der Waals surface area contributed by atoms with Crippen LogP contribution in [0.2, 0.25) is 0 Å². The molecule has 0 aliphatic heterocycles. The van der Waals surface area contributed by atoms with E-state index in [0.29, 0.717) is 0 Å². The summed E-state index contributed by atoms with van der Waals surface area (Å²) in [5.74, 6) is 0. The van der Waals surface area contributed by atoms with Crippen LogP contribution in [-0.4, -0.2) is 11.4 Å². The Morgan fingerprint density at radius 2 is 1.22 bits per heavy atom. The first kappa shape index (κ1) is 8.92. The molecule has 2 nitrogen and oxygen atoms in total. The minimum atomic E-state index is -0.0764. The van der Waals surface area contributed by atoms with Crippen LogP contribution < -0.4 is 0 Å². The molecule has 0 saturated carbocycles. The molecule has 0 heterocycles. The van der Waals surface area contributed by atoms with Crippen molar-refractivity contribution in [1.82, 2.24) is 0 Å². The van der Waals surface area contributed by atoms with E-state index in [9.17, 15) is 0 Å². The third-order valence-electron chi connectivity index (χ3n) is 0.882. The number of hydrogen-bond acceptors (Lipinski definition) is 0. The van der Waals surface area contributed by atoms with Crippen molar-refractivity contribution in [2.75, 3.05) is 0 Å². The van der Waals surface area contributed by atoms with Gasteiger partial charge < -0.3 is 10.8 Å². The predicted octanol–water partition coefficient (Wildman–Crippen LogP) is 1.13. The Morgan fingerprint density at radius 1 is 0.889 bits per heavy atom. The van der Waals surface area contributed by atoms with Gasteiger partial charge in [-0.1, -0.05) is 24.3 Å². The maximum Gasteiger partial charge on any atom is 0 e. The summed E-state index contributed by atoms with van der Waals surface area (Å²) < 4.78 is 0. The van der Waals surface area contributed by atoms with E-state index in [1.807, 2.05) is 0 Å². The van der Waals surface area contributed by atoms with Gasteiger partial charge in [-0.15, -0.1) is 0 Å². The topological polar surface area (TPSA) is 44.6 Å². The van der Waals surface area contributed by atoms with Crippen molar-refractivity contribution in [2.45, 2.75) is 0 Å². The fourth-order valence-electron chi connectivity index (χ4n) is 0.464. The third-order valence-corrected chi connectivity index (χ3v) is 0.882. The molecule has 0 spiro atoms. The van der Waals surface area contributed by atoms with Gasteiger partial charge in [0.2, 0.25) is 0 Å². The minimum Gasteiger partial charge on any atom is -0.805 e. The van der Waals surface area contributed by atoms with Crippen molar-refractivity contribution in [3.8, 4) is 0 Å². The van der Waals surface area contributed by atoms with Crippen LogP contribution in [0.15, 0.2) is 24.3 Å². The van der Waals surface area contributed by atoms with Gasteiger partial charge in [0.1, 0.15) is 0 Å². The molecule has 0 N–H and O–H groups in total. The zero-order chi connectivity index (χ0) is 5.98. The first-order valence-electron chi connectivity index (χ1n) is 2.27. The summed E-state index contributed by atoms with van der Waals surface area (Å²) in [6, 6.07) is 0. The second-order valence-electron chi connectivity index (χ2n) is 1.49. The monoisotopic (exact) mass is 193 g/mol. The van der Waals surface area contributed by atoms with Crippen LogP contribution in [0.3, 0.4) is 0 Å². The summed E-state index contributed by atoms with van der Waals surface area (Å²) in [5, 5.41) is 17.3. The summed E-state index contributed by atoms with van der Waals surface area (Å²) in [6.45, 7) is 0. The maximum absolute atomic E-state index is 8.67. The zero-order valence-electron chi connectivity index (χ0n) is 4.78. The van der Waals surface area contributed by atoms with Crippen molar-refractivity contribution < 1.29 is 32.7 Å². The van der Waals surface area contributed by atoms with Crippen LogP contribution in [0.1, 0.15) is 0 Å². The van der Waals surface area contributed by atoms with Gasteiger partial charge in [-0.05, 0) is 0 Å². The van der Waals surface area contributed by atoms with Crippen LogP contribution in [0, 0.1) is 0 Å². The molecule has 0 unspecified atom stereocenters. The van der Waals surface area contributed by atoms with E-state index in [4.69, 9.17) is 10.8 Å². The molecule has 43 valence electrons.